The minimum Gasteiger partial charge on any atom is -0.274 e. The van der Waals surface area contributed by atoms with Gasteiger partial charge in [0.2, 0.25) is 11.8 Å². The van der Waals surface area contributed by atoms with Gasteiger partial charge in [-0.05, 0) is 34.4 Å². The van der Waals surface area contributed by atoms with Crippen molar-refractivity contribution in [3.8, 4) is 0 Å². The molecule has 1 fully saturated rings. The maximum atomic E-state index is 14.0. The number of benzene rings is 3. The zero-order valence-corrected chi connectivity index (χ0v) is 18.7. The lowest BCUT2D eigenvalue weighted by Crippen LogP contribution is -2.59. The molecular formula is C26H19ClN2O4. The molecule has 3 aromatic rings. The van der Waals surface area contributed by atoms with Crippen molar-refractivity contribution in [1.82, 2.24) is 0 Å². The number of amides is 2. The Kier molecular flexibility index (Phi) is 3.84. The standard InChI is InChI=1S/C26H19ClN2O4/c1-25-15-7-3-5-9-17(15)26(2,18-10-6-4-8-16(18)25)22-21(25)23(30)28(24(22)31)19-12-11-14(27)13-20(19)29(32)33/h3-13,21-22H,1-2H3/t21-,22-,25?,26?/m0/s1. The Morgan fingerprint density at radius 1 is 0.818 bits per heavy atom. The summed E-state index contributed by atoms with van der Waals surface area (Å²) in [6.45, 7) is 4.04. The van der Waals surface area contributed by atoms with Gasteiger partial charge in [0, 0.05) is 21.9 Å². The average Bonchev–Trinajstić information content (AvgIpc) is 3.08. The van der Waals surface area contributed by atoms with Crippen LogP contribution in [-0.4, -0.2) is 16.7 Å². The highest BCUT2D eigenvalue weighted by Gasteiger charge is 2.71. The highest BCUT2D eigenvalue weighted by Crippen LogP contribution is 2.66. The summed E-state index contributed by atoms with van der Waals surface area (Å²) in [5.41, 5.74) is 2.25. The summed E-state index contributed by atoms with van der Waals surface area (Å²) < 4.78 is 0. The fourth-order valence-corrected chi connectivity index (χ4v) is 6.81. The third-order valence-corrected chi connectivity index (χ3v) is 8.25. The number of nitro groups is 1. The number of hydrogen-bond acceptors (Lipinski definition) is 4. The maximum absolute atomic E-state index is 14.0. The van der Waals surface area contributed by atoms with Gasteiger partial charge >= 0.3 is 0 Å². The van der Waals surface area contributed by atoms with Crippen LogP contribution in [0.1, 0.15) is 36.1 Å². The Morgan fingerprint density at radius 3 is 1.64 bits per heavy atom. The van der Waals surface area contributed by atoms with Gasteiger partial charge < -0.3 is 0 Å². The molecule has 2 bridgehead atoms. The summed E-state index contributed by atoms with van der Waals surface area (Å²) in [4.78, 5) is 40.2. The van der Waals surface area contributed by atoms with E-state index in [0.717, 1.165) is 27.2 Å². The predicted octanol–water partition coefficient (Wildman–Crippen LogP) is 4.99. The van der Waals surface area contributed by atoms with Gasteiger partial charge in [0.1, 0.15) is 5.69 Å². The minimum atomic E-state index is -0.738. The van der Waals surface area contributed by atoms with Crippen molar-refractivity contribution in [2.24, 2.45) is 11.8 Å². The molecule has 0 unspecified atom stereocenters. The van der Waals surface area contributed by atoms with Crippen molar-refractivity contribution < 1.29 is 14.5 Å². The van der Waals surface area contributed by atoms with Crippen molar-refractivity contribution in [2.75, 3.05) is 4.90 Å². The van der Waals surface area contributed by atoms with Crippen LogP contribution in [0.2, 0.25) is 5.02 Å². The molecule has 0 N–H and O–H groups in total. The number of anilines is 1. The van der Waals surface area contributed by atoms with Gasteiger partial charge in [0.05, 0.1) is 16.8 Å². The molecule has 0 aromatic heterocycles. The third-order valence-electron chi connectivity index (χ3n) is 8.02. The summed E-state index contributed by atoms with van der Waals surface area (Å²) >= 11 is 5.99. The predicted molar refractivity (Wildman–Crippen MR) is 123 cm³/mol. The molecule has 1 aliphatic heterocycles. The topological polar surface area (TPSA) is 80.5 Å². The van der Waals surface area contributed by atoms with Gasteiger partial charge in [-0.1, -0.05) is 74.0 Å². The van der Waals surface area contributed by atoms with Crippen molar-refractivity contribution >= 4 is 34.8 Å². The molecule has 6 nitrogen and oxygen atoms in total. The Hall–Kier alpha value is -3.51. The maximum Gasteiger partial charge on any atom is 0.294 e. The van der Waals surface area contributed by atoms with E-state index in [1.165, 1.54) is 18.2 Å². The molecular weight excluding hydrogens is 440 g/mol. The van der Waals surface area contributed by atoms with Crippen molar-refractivity contribution in [3.63, 3.8) is 0 Å². The van der Waals surface area contributed by atoms with Crippen LogP contribution in [0.5, 0.6) is 0 Å². The Labute approximate surface area is 194 Å². The van der Waals surface area contributed by atoms with E-state index in [-0.39, 0.29) is 16.4 Å². The first kappa shape index (κ1) is 20.1. The van der Waals surface area contributed by atoms with E-state index in [1.807, 2.05) is 62.4 Å². The Morgan fingerprint density at radius 2 is 1.24 bits per heavy atom. The van der Waals surface area contributed by atoms with E-state index < -0.39 is 39.4 Å². The van der Waals surface area contributed by atoms with Gasteiger partial charge in [0.25, 0.3) is 5.69 Å². The van der Waals surface area contributed by atoms with Gasteiger partial charge in [-0.25, -0.2) is 4.90 Å². The van der Waals surface area contributed by atoms with Gasteiger partial charge in [-0.15, -0.1) is 0 Å². The molecule has 2 amide bonds. The number of rotatable bonds is 2. The molecule has 1 saturated heterocycles. The number of nitrogens with zero attached hydrogens (tertiary/aromatic N) is 2. The molecule has 0 spiro atoms. The lowest BCUT2D eigenvalue weighted by Gasteiger charge is -2.57. The van der Waals surface area contributed by atoms with Gasteiger partial charge in [-0.3, -0.25) is 19.7 Å². The largest absolute Gasteiger partial charge is 0.294 e. The molecule has 33 heavy (non-hydrogen) atoms. The summed E-state index contributed by atoms with van der Waals surface area (Å²) in [5, 5.41) is 11.9. The van der Waals surface area contributed by atoms with Crippen LogP contribution in [-0.2, 0) is 20.4 Å². The highest BCUT2D eigenvalue weighted by atomic mass is 35.5. The quantitative estimate of drug-likeness (QED) is 0.307. The normalized spacial score (nSPS) is 29.0. The van der Waals surface area contributed by atoms with Crippen molar-refractivity contribution in [3.05, 3.63) is 104 Å². The monoisotopic (exact) mass is 458 g/mol. The molecule has 3 aromatic carbocycles. The van der Waals surface area contributed by atoms with Crippen LogP contribution in [0.25, 0.3) is 0 Å². The van der Waals surface area contributed by atoms with Gasteiger partial charge in [-0.2, -0.15) is 0 Å². The molecule has 4 aliphatic rings. The second kappa shape index (κ2) is 6.29. The van der Waals surface area contributed by atoms with E-state index in [1.54, 1.807) is 0 Å². The molecule has 0 radical (unpaired) electrons. The summed E-state index contributed by atoms with van der Waals surface area (Å²) in [6, 6.07) is 20.0. The summed E-state index contributed by atoms with van der Waals surface area (Å²) in [5.74, 6) is -2.16. The number of nitro benzene ring substituents is 1. The molecule has 1 heterocycles. The fourth-order valence-electron chi connectivity index (χ4n) is 6.64. The minimum absolute atomic E-state index is 0.0338. The summed E-state index contributed by atoms with van der Waals surface area (Å²) in [7, 11) is 0. The summed E-state index contributed by atoms with van der Waals surface area (Å²) in [6.07, 6.45) is 0. The van der Waals surface area contributed by atoms with Crippen molar-refractivity contribution in [1.29, 1.82) is 0 Å². The van der Waals surface area contributed by atoms with Gasteiger partial charge in [0.15, 0.2) is 0 Å². The number of carbonyl (C=O) groups is 2. The van der Waals surface area contributed by atoms with E-state index in [9.17, 15) is 19.7 Å². The SMILES string of the molecule is CC12c3ccccc3C(C)(c3ccccc31)[C@@H]1C(=O)N(c3ccc(Cl)cc3[N+](=O)[O-])C(=O)[C@H]12. The van der Waals surface area contributed by atoms with Crippen LogP contribution in [0.3, 0.4) is 0 Å². The average molecular weight is 459 g/mol. The lowest BCUT2D eigenvalue weighted by atomic mass is 9.42. The van der Waals surface area contributed by atoms with Crippen molar-refractivity contribution in [2.45, 2.75) is 24.7 Å². The first-order valence-corrected chi connectivity index (χ1v) is 11.1. The third kappa shape index (κ3) is 2.19. The smallest absolute Gasteiger partial charge is 0.274 e. The molecule has 0 saturated carbocycles. The second-order valence-corrected chi connectivity index (χ2v) is 9.79. The zero-order valence-electron chi connectivity index (χ0n) is 17.9. The van der Waals surface area contributed by atoms with Crippen LogP contribution >= 0.6 is 11.6 Å². The lowest BCUT2D eigenvalue weighted by molar-refractivity contribution is -0.384. The number of imide groups is 1. The zero-order chi connectivity index (χ0) is 23.3. The van der Waals surface area contributed by atoms with E-state index in [2.05, 4.69) is 0 Å². The Balaban J connectivity index is 1.65. The van der Waals surface area contributed by atoms with E-state index in [4.69, 9.17) is 11.6 Å². The number of carbonyl (C=O) groups excluding carboxylic acids is 2. The van der Waals surface area contributed by atoms with Crippen LogP contribution in [0.15, 0.2) is 66.7 Å². The fraction of sp³-hybridized carbons (Fsp3) is 0.231. The first-order chi connectivity index (χ1) is 15.7. The molecule has 164 valence electrons. The first-order valence-electron chi connectivity index (χ1n) is 10.7. The molecule has 3 aliphatic carbocycles. The van der Waals surface area contributed by atoms with E-state index >= 15 is 0 Å². The van der Waals surface area contributed by atoms with Crippen LogP contribution < -0.4 is 4.90 Å². The van der Waals surface area contributed by atoms with E-state index in [0.29, 0.717) is 0 Å². The van der Waals surface area contributed by atoms with Crippen LogP contribution in [0.4, 0.5) is 11.4 Å². The molecule has 7 heteroatoms. The molecule has 2 atom stereocenters. The molecule has 7 rings (SSSR count). The number of hydrogen-bond donors (Lipinski definition) is 0. The number of halogens is 1. The Bertz CT molecular complexity index is 1290. The van der Waals surface area contributed by atoms with Crippen LogP contribution in [0, 0.1) is 22.0 Å². The highest BCUT2D eigenvalue weighted by molar-refractivity contribution is 6.31. The second-order valence-electron chi connectivity index (χ2n) is 9.35.